The lowest BCUT2D eigenvalue weighted by Crippen LogP contribution is -2.04. The van der Waals surface area contributed by atoms with Crippen molar-refractivity contribution in [2.75, 3.05) is 17.6 Å². The van der Waals surface area contributed by atoms with Crippen molar-refractivity contribution in [3.63, 3.8) is 0 Å². The average molecular weight is 377 g/mol. The van der Waals surface area contributed by atoms with Crippen LogP contribution in [0.5, 0.6) is 0 Å². The maximum absolute atomic E-state index is 9.43. The maximum atomic E-state index is 9.43. The summed E-state index contributed by atoms with van der Waals surface area (Å²) in [6.07, 6.45) is 1.38. The van der Waals surface area contributed by atoms with Gasteiger partial charge in [-0.25, -0.2) is 4.68 Å². The molecule has 0 aliphatic heterocycles. The van der Waals surface area contributed by atoms with E-state index in [1.165, 1.54) is 0 Å². The van der Waals surface area contributed by atoms with Crippen molar-refractivity contribution >= 4 is 23.1 Å². The topological polar surface area (TPSA) is 103 Å². The van der Waals surface area contributed by atoms with Gasteiger partial charge in [0.05, 0.1) is 22.0 Å². The molecule has 134 valence electrons. The van der Waals surface area contributed by atoms with Gasteiger partial charge in [-0.15, -0.1) is 0 Å². The highest BCUT2D eigenvalue weighted by Crippen LogP contribution is 2.22. The van der Waals surface area contributed by atoms with Crippen molar-refractivity contribution < 1.29 is 0 Å². The van der Waals surface area contributed by atoms with E-state index in [4.69, 9.17) is 22.6 Å². The zero-order chi connectivity index (χ0) is 19.2. The molecule has 0 saturated carbocycles. The zero-order valence-electron chi connectivity index (χ0n) is 14.5. The largest absolute Gasteiger partial charge is 0.385 e. The Labute approximate surface area is 162 Å². The summed E-state index contributed by atoms with van der Waals surface area (Å²) < 4.78 is 1.60. The highest BCUT2D eigenvalue weighted by molar-refractivity contribution is 6.32. The lowest BCUT2D eigenvalue weighted by molar-refractivity contribution is 0.790. The molecular formula is C20H17ClN6. The summed E-state index contributed by atoms with van der Waals surface area (Å²) in [4.78, 5) is 0. The second-order valence-corrected chi connectivity index (χ2v) is 6.31. The summed E-state index contributed by atoms with van der Waals surface area (Å²) in [5.74, 6) is 0.352. The van der Waals surface area contributed by atoms with E-state index in [0.717, 1.165) is 17.8 Å². The van der Waals surface area contributed by atoms with Gasteiger partial charge in [0.1, 0.15) is 23.5 Å². The normalized spacial score (nSPS) is 10.2. The smallest absolute Gasteiger partial charge is 0.145 e. The van der Waals surface area contributed by atoms with E-state index >= 15 is 0 Å². The van der Waals surface area contributed by atoms with Crippen molar-refractivity contribution in [3.05, 3.63) is 70.4 Å². The Bertz CT molecular complexity index is 1030. The number of nitrogens with one attached hydrogen (secondary N) is 1. The van der Waals surface area contributed by atoms with Crippen LogP contribution in [0.1, 0.15) is 23.2 Å². The third-order valence-corrected chi connectivity index (χ3v) is 4.43. The first-order valence-electron chi connectivity index (χ1n) is 8.40. The molecule has 0 spiro atoms. The molecule has 0 saturated heterocycles. The maximum Gasteiger partial charge on any atom is 0.145 e. The summed E-state index contributed by atoms with van der Waals surface area (Å²) in [6, 6.07) is 18.9. The molecule has 2 aromatic carbocycles. The Morgan fingerprint density at radius 1 is 1.11 bits per heavy atom. The molecule has 27 heavy (non-hydrogen) atoms. The van der Waals surface area contributed by atoms with Gasteiger partial charge in [0.25, 0.3) is 0 Å². The number of hydrogen-bond donors (Lipinski definition) is 2. The van der Waals surface area contributed by atoms with Crippen LogP contribution < -0.4 is 11.1 Å². The van der Waals surface area contributed by atoms with E-state index < -0.39 is 0 Å². The van der Waals surface area contributed by atoms with Crippen molar-refractivity contribution in [1.82, 2.24) is 9.78 Å². The molecular weight excluding hydrogens is 360 g/mol. The molecule has 1 heterocycles. The van der Waals surface area contributed by atoms with E-state index in [2.05, 4.69) is 16.5 Å². The molecule has 0 bridgehead atoms. The van der Waals surface area contributed by atoms with E-state index in [9.17, 15) is 5.26 Å². The minimum Gasteiger partial charge on any atom is -0.385 e. The van der Waals surface area contributed by atoms with E-state index in [-0.39, 0.29) is 0 Å². The third-order valence-electron chi connectivity index (χ3n) is 4.12. The van der Waals surface area contributed by atoms with Gasteiger partial charge in [-0.2, -0.15) is 15.6 Å². The number of nitriles is 2. The fraction of sp³-hybridized carbons (Fsp3) is 0.150. The van der Waals surface area contributed by atoms with Crippen LogP contribution >= 0.6 is 11.6 Å². The Morgan fingerprint density at radius 2 is 1.89 bits per heavy atom. The van der Waals surface area contributed by atoms with Gasteiger partial charge in [-0.05, 0) is 43.2 Å². The first-order valence-corrected chi connectivity index (χ1v) is 8.78. The summed E-state index contributed by atoms with van der Waals surface area (Å²) in [6.45, 7) is 0.672. The molecule has 3 aromatic rings. The second-order valence-electron chi connectivity index (χ2n) is 5.90. The minimum absolute atomic E-state index is 0.352. The van der Waals surface area contributed by atoms with Crippen molar-refractivity contribution in [3.8, 4) is 17.8 Å². The van der Waals surface area contributed by atoms with Crippen molar-refractivity contribution in [1.29, 1.82) is 10.5 Å². The molecule has 0 atom stereocenters. The number of nitrogen functional groups attached to an aromatic ring is 1. The Morgan fingerprint density at radius 3 is 2.56 bits per heavy atom. The number of rotatable bonds is 6. The number of aromatic nitrogens is 2. The number of aryl methyl sites for hydroxylation is 1. The van der Waals surface area contributed by atoms with Crippen LogP contribution in [0, 0.1) is 22.7 Å². The fourth-order valence-corrected chi connectivity index (χ4v) is 2.97. The predicted octanol–water partition coefficient (Wildman–Crippen LogP) is 3.90. The predicted molar refractivity (Wildman–Crippen MR) is 106 cm³/mol. The quantitative estimate of drug-likeness (QED) is 0.635. The number of anilines is 2. The number of para-hydroxylation sites is 1. The van der Waals surface area contributed by atoms with Crippen LogP contribution in [0.4, 0.5) is 11.5 Å². The zero-order valence-corrected chi connectivity index (χ0v) is 15.2. The van der Waals surface area contributed by atoms with Crippen molar-refractivity contribution in [2.45, 2.75) is 12.8 Å². The van der Waals surface area contributed by atoms with Crippen LogP contribution in [0.15, 0.2) is 48.5 Å². The summed E-state index contributed by atoms with van der Waals surface area (Å²) in [5.41, 5.74) is 9.31. The number of hydrogen-bond acceptors (Lipinski definition) is 5. The summed E-state index contributed by atoms with van der Waals surface area (Å²) in [5, 5.41) is 26.5. The van der Waals surface area contributed by atoms with Crippen LogP contribution in [0.3, 0.4) is 0 Å². The SMILES string of the molecule is N#Cc1ccc(NCCCc2nn(-c3ccccc3)c(N)c2C#N)cc1Cl. The van der Waals surface area contributed by atoms with E-state index in [1.807, 2.05) is 42.5 Å². The van der Waals surface area contributed by atoms with Gasteiger partial charge in [0.2, 0.25) is 0 Å². The molecule has 0 radical (unpaired) electrons. The molecule has 7 heteroatoms. The van der Waals surface area contributed by atoms with Gasteiger partial charge < -0.3 is 11.1 Å². The molecule has 0 fully saturated rings. The van der Waals surface area contributed by atoms with Gasteiger partial charge in [-0.1, -0.05) is 29.8 Å². The molecule has 1 aromatic heterocycles. The number of nitrogens with zero attached hydrogens (tertiary/aromatic N) is 4. The molecule has 0 aliphatic carbocycles. The van der Waals surface area contributed by atoms with Gasteiger partial charge in [0, 0.05) is 12.2 Å². The molecule has 0 amide bonds. The average Bonchev–Trinajstić information content (AvgIpc) is 3.01. The standard InChI is InChI=1S/C20H17ClN6/c21-18-11-15(9-8-14(18)12-22)25-10-4-7-19-17(13-23)20(24)27(26-19)16-5-2-1-3-6-16/h1-3,5-6,8-9,11,25H,4,7,10,24H2. The molecule has 6 nitrogen and oxygen atoms in total. The molecule has 3 N–H and O–H groups in total. The Hall–Kier alpha value is -3.48. The van der Waals surface area contributed by atoms with Crippen LogP contribution in [0.25, 0.3) is 5.69 Å². The molecule has 0 unspecified atom stereocenters. The lowest BCUT2D eigenvalue weighted by Gasteiger charge is -2.06. The molecule has 0 aliphatic rings. The van der Waals surface area contributed by atoms with Gasteiger partial charge in [-0.3, -0.25) is 0 Å². The van der Waals surface area contributed by atoms with Crippen LogP contribution in [-0.4, -0.2) is 16.3 Å². The van der Waals surface area contributed by atoms with Crippen LogP contribution in [0.2, 0.25) is 5.02 Å². The Balaban J connectivity index is 1.66. The number of halogens is 1. The number of benzene rings is 2. The monoisotopic (exact) mass is 376 g/mol. The highest BCUT2D eigenvalue weighted by atomic mass is 35.5. The summed E-state index contributed by atoms with van der Waals surface area (Å²) >= 11 is 6.03. The fourth-order valence-electron chi connectivity index (χ4n) is 2.75. The highest BCUT2D eigenvalue weighted by Gasteiger charge is 2.16. The first-order chi connectivity index (χ1) is 13.1. The van der Waals surface area contributed by atoms with Gasteiger partial charge in [0.15, 0.2) is 0 Å². The van der Waals surface area contributed by atoms with E-state index in [1.54, 1.807) is 16.8 Å². The summed E-state index contributed by atoms with van der Waals surface area (Å²) in [7, 11) is 0. The van der Waals surface area contributed by atoms with Crippen molar-refractivity contribution in [2.24, 2.45) is 0 Å². The lowest BCUT2D eigenvalue weighted by atomic mass is 10.1. The van der Waals surface area contributed by atoms with Crippen LogP contribution in [-0.2, 0) is 6.42 Å². The molecule has 3 rings (SSSR count). The second kappa shape index (κ2) is 8.27. The third kappa shape index (κ3) is 4.03. The Kier molecular flexibility index (Phi) is 5.61. The number of nitrogens with two attached hydrogens (primary N) is 1. The minimum atomic E-state index is 0.352. The first kappa shape index (κ1) is 18.3. The van der Waals surface area contributed by atoms with Gasteiger partial charge >= 0.3 is 0 Å². The van der Waals surface area contributed by atoms with E-state index in [0.29, 0.717) is 40.6 Å².